The summed E-state index contributed by atoms with van der Waals surface area (Å²) >= 11 is 9.50. The molecule has 0 bridgehead atoms. The highest BCUT2D eigenvalue weighted by Gasteiger charge is 2.16. The molecular formula is C15H14BrClO2. The van der Waals surface area contributed by atoms with Crippen molar-refractivity contribution in [3.63, 3.8) is 0 Å². The largest absolute Gasteiger partial charge is 0.495 e. The van der Waals surface area contributed by atoms with Crippen molar-refractivity contribution in [3.05, 3.63) is 62.6 Å². The fourth-order valence-corrected chi connectivity index (χ4v) is 2.58. The van der Waals surface area contributed by atoms with Crippen molar-refractivity contribution in [2.45, 2.75) is 13.0 Å². The van der Waals surface area contributed by atoms with Gasteiger partial charge in [-0.05, 0) is 35.7 Å². The monoisotopic (exact) mass is 340 g/mol. The molecule has 0 aliphatic carbocycles. The van der Waals surface area contributed by atoms with Crippen molar-refractivity contribution in [1.82, 2.24) is 0 Å². The molecule has 1 atom stereocenters. The Hall–Kier alpha value is -1.03. The molecule has 0 fully saturated rings. The van der Waals surface area contributed by atoms with Crippen LogP contribution >= 0.6 is 27.5 Å². The van der Waals surface area contributed by atoms with E-state index in [9.17, 15) is 5.11 Å². The van der Waals surface area contributed by atoms with E-state index in [-0.39, 0.29) is 0 Å². The normalized spacial score (nSPS) is 12.3. The molecule has 2 aromatic rings. The minimum absolute atomic E-state index is 0.529. The molecule has 2 nitrogen and oxygen atoms in total. The number of hydrogen-bond donors (Lipinski definition) is 1. The number of halogens is 2. The summed E-state index contributed by atoms with van der Waals surface area (Å²) in [5.74, 6) is 0.557. The Morgan fingerprint density at radius 2 is 2.00 bits per heavy atom. The number of methoxy groups -OCH3 is 1. The van der Waals surface area contributed by atoms with Gasteiger partial charge in [0.15, 0.2) is 0 Å². The van der Waals surface area contributed by atoms with Crippen LogP contribution < -0.4 is 4.74 Å². The summed E-state index contributed by atoms with van der Waals surface area (Å²) in [5.41, 5.74) is 2.65. The summed E-state index contributed by atoms with van der Waals surface area (Å²) in [6.07, 6.45) is -0.722. The van der Waals surface area contributed by atoms with Gasteiger partial charge in [-0.2, -0.15) is 0 Å². The zero-order valence-electron chi connectivity index (χ0n) is 10.7. The van der Waals surface area contributed by atoms with Gasteiger partial charge in [0.05, 0.1) is 12.1 Å². The van der Waals surface area contributed by atoms with Crippen molar-refractivity contribution < 1.29 is 9.84 Å². The van der Waals surface area contributed by atoms with Gasteiger partial charge in [0.25, 0.3) is 0 Å². The summed E-state index contributed by atoms with van der Waals surface area (Å²) in [5, 5.41) is 11.0. The lowest BCUT2D eigenvalue weighted by atomic mass is 10.00. The highest BCUT2D eigenvalue weighted by molar-refractivity contribution is 9.10. The Kier molecular flexibility index (Phi) is 4.50. The molecule has 0 spiro atoms. The van der Waals surface area contributed by atoms with Gasteiger partial charge in [-0.3, -0.25) is 0 Å². The van der Waals surface area contributed by atoms with Gasteiger partial charge in [-0.25, -0.2) is 0 Å². The maximum Gasteiger partial charge on any atom is 0.137 e. The van der Waals surface area contributed by atoms with Crippen LogP contribution in [0.5, 0.6) is 5.75 Å². The SMILES string of the molecule is COc1cc(C(O)c2cccc(C)c2Br)ccc1Cl. The van der Waals surface area contributed by atoms with E-state index < -0.39 is 6.10 Å². The molecule has 0 heterocycles. The summed E-state index contributed by atoms with van der Waals surface area (Å²) in [7, 11) is 1.56. The number of ether oxygens (including phenoxy) is 1. The summed E-state index contributed by atoms with van der Waals surface area (Å²) in [4.78, 5) is 0. The summed E-state index contributed by atoms with van der Waals surface area (Å²) in [6, 6.07) is 11.1. The van der Waals surface area contributed by atoms with Crippen LogP contribution in [0.1, 0.15) is 22.8 Å². The second kappa shape index (κ2) is 5.95. The van der Waals surface area contributed by atoms with Crippen LogP contribution in [0.2, 0.25) is 5.02 Å². The third-order valence-electron chi connectivity index (χ3n) is 3.01. The molecule has 0 saturated carbocycles. The smallest absolute Gasteiger partial charge is 0.137 e. The number of rotatable bonds is 3. The molecule has 0 saturated heterocycles. The first-order valence-corrected chi connectivity index (χ1v) is 6.98. The number of aliphatic hydroxyl groups is 1. The van der Waals surface area contributed by atoms with Gasteiger partial charge in [0.2, 0.25) is 0 Å². The summed E-state index contributed by atoms with van der Waals surface area (Å²) < 4.78 is 6.08. The first-order chi connectivity index (χ1) is 9.04. The lowest BCUT2D eigenvalue weighted by molar-refractivity contribution is 0.219. The molecule has 0 radical (unpaired) electrons. The average molecular weight is 342 g/mol. The van der Waals surface area contributed by atoms with Crippen LogP contribution in [0.25, 0.3) is 0 Å². The molecule has 100 valence electrons. The molecule has 0 aliphatic heterocycles. The van der Waals surface area contributed by atoms with Crippen molar-refractivity contribution >= 4 is 27.5 Å². The molecular weight excluding hydrogens is 328 g/mol. The minimum atomic E-state index is -0.722. The number of aryl methyl sites for hydroxylation is 1. The average Bonchev–Trinajstić information content (AvgIpc) is 2.41. The van der Waals surface area contributed by atoms with Crippen LogP contribution in [0.4, 0.5) is 0 Å². The van der Waals surface area contributed by atoms with Gasteiger partial charge in [-0.1, -0.05) is 51.8 Å². The van der Waals surface area contributed by atoms with Gasteiger partial charge in [0, 0.05) is 4.47 Å². The predicted octanol–water partition coefficient (Wildman–Crippen LogP) is 4.50. The Morgan fingerprint density at radius 1 is 1.26 bits per heavy atom. The van der Waals surface area contributed by atoms with E-state index in [0.717, 1.165) is 21.2 Å². The molecule has 19 heavy (non-hydrogen) atoms. The zero-order valence-corrected chi connectivity index (χ0v) is 13.0. The van der Waals surface area contributed by atoms with E-state index in [2.05, 4.69) is 15.9 Å². The van der Waals surface area contributed by atoms with Gasteiger partial charge in [0.1, 0.15) is 11.9 Å². The Morgan fingerprint density at radius 3 is 2.68 bits per heavy atom. The van der Waals surface area contributed by atoms with Gasteiger partial charge >= 0.3 is 0 Å². The molecule has 4 heteroatoms. The standard InChI is InChI=1S/C15H14BrClO2/c1-9-4-3-5-11(14(9)16)15(18)10-6-7-12(17)13(8-10)19-2/h3-8,15,18H,1-2H3. The van der Waals surface area contributed by atoms with Crippen LogP contribution in [0.15, 0.2) is 40.9 Å². The third-order valence-corrected chi connectivity index (χ3v) is 4.40. The fraction of sp³-hybridized carbons (Fsp3) is 0.200. The predicted molar refractivity (Wildman–Crippen MR) is 80.9 cm³/mol. The molecule has 2 rings (SSSR count). The molecule has 0 aliphatic rings. The van der Waals surface area contributed by atoms with Gasteiger partial charge < -0.3 is 9.84 Å². The van der Waals surface area contributed by atoms with Crippen molar-refractivity contribution in [1.29, 1.82) is 0 Å². The molecule has 0 aromatic heterocycles. The highest BCUT2D eigenvalue weighted by atomic mass is 79.9. The summed E-state index contributed by atoms with van der Waals surface area (Å²) in [6.45, 7) is 1.99. The zero-order chi connectivity index (χ0) is 14.0. The van der Waals surface area contributed by atoms with E-state index in [1.165, 1.54) is 0 Å². The lowest BCUT2D eigenvalue weighted by Crippen LogP contribution is -2.02. The third kappa shape index (κ3) is 2.94. The Balaban J connectivity index is 2.44. The maximum atomic E-state index is 10.5. The van der Waals surface area contributed by atoms with E-state index in [1.807, 2.05) is 25.1 Å². The Labute approximate surface area is 126 Å². The highest BCUT2D eigenvalue weighted by Crippen LogP contribution is 2.34. The van der Waals surface area contributed by atoms with Crippen LogP contribution in [0.3, 0.4) is 0 Å². The van der Waals surface area contributed by atoms with E-state index >= 15 is 0 Å². The van der Waals surface area contributed by atoms with Crippen molar-refractivity contribution in [3.8, 4) is 5.75 Å². The quantitative estimate of drug-likeness (QED) is 0.890. The number of benzene rings is 2. The fourth-order valence-electron chi connectivity index (χ4n) is 1.91. The van der Waals surface area contributed by atoms with Crippen LogP contribution in [0, 0.1) is 6.92 Å². The molecule has 1 N–H and O–H groups in total. The molecule has 0 amide bonds. The van der Waals surface area contributed by atoms with Crippen molar-refractivity contribution in [2.24, 2.45) is 0 Å². The maximum absolute atomic E-state index is 10.5. The lowest BCUT2D eigenvalue weighted by Gasteiger charge is -2.16. The van der Waals surface area contributed by atoms with Crippen molar-refractivity contribution in [2.75, 3.05) is 7.11 Å². The first kappa shape index (κ1) is 14.4. The van der Waals surface area contributed by atoms with E-state index in [4.69, 9.17) is 16.3 Å². The first-order valence-electron chi connectivity index (χ1n) is 5.81. The second-order valence-corrected chi connectivity index (χ2v) is 5.47. The topological polar surface area (TPSA) is 29.5 Å². The van der Waals surface area contributed by atoms with Crippen LogP contribution in [-0.4, -0.2) is 12.2 Å². The molecule has 1 unspecified atom stereocenters. The van der Waals surface area contributed by atoms with E-state index in [1.54, 1.807) is 25.3 Å². The van der Waals surface area contributed by atoms with Crippen LogP contribution in [-0.2, 0) is 0 Å². The van der Waals surface area contributed by atoms with Gasteiger partial charge in [-0.15, -0.1) is 0 Å². The minimum Gasteiger partial charge on any atom is -0.495 e. The second-order valence-electron chi connectivity index (χ2n) is 4.27. The number of hydrogen-bond acceptors (Lipinski definition) is 2. The number of aliphatic hydroxyl groups excluding tert-OH is 1. The molecule has 2 aromatic carbocycles. The Bertz CT molecular complexity index is 599. The van der Waals surface area contributed by atoms with E-state index in [0.29, 0.717) is 10.8 Å².